The number of aromatic nitrogens is 2. The third kappa shape index (κ3) is 4.65. The van der Waals surface area contributed by atoms with E-state index in [1.807, 2.05) is 6.07 Å². The van der Waals surface area contributed by atoms with Crippen LogP contribution < -0.4 is 10.6 Å². The van der Waals surface area contributed by atoms with Gasteiger partial charge in [0.25, 0.3) is 0 Å². The number of urea groups is 1. The molecule has 10 heteroatoms. The van der Waals surface area contributed by atoms with Gasteiger partial charge >= 0.3 is 6.03 Å². The Labute approximate surface area is 158 Å². The van der Waals surface area contributed by atoms with E-state index in [0.29, 0.717) is 38.4 Å². The summed E-state index contributed by atoms with van der Waals surface area (Å²) in [5, 5.41) is 9.48. The number of morpholine rings is 1. The van der Waals surface area contributed by atoms with Gasteiger partial charge in [-0.2, -0.15) is 9.40 Å². The molecule has 2 amide bonds. The number of carbonyl (C=O) groups excluding carboxylic acids is 1. The zero-order valence-electron chi connectivity index (χ0n) is 15.1. The third-order valence-electron chi connectivity index (χ3n) is 4.35. The highest BCUT2D eigenvalue weighted by Gasteiger charge is 2.28. The maximum atomic E-state index is 12.9. The minimum atomic E-state index is -3.62. The van der Waals surface area contributed by atoms with Crippen LogP contribution in [0.1, 0.15) is 11.3 Å². The molecule has 1 aromatic carbocycles. The number of ether oxygens (including phenoxy) is 1. The predicted octanol–water partition coefficient (Wildman–Crippen LogP) is 0.440. The van der Waals surface area contributed by atoms with Gasteiger partial charge in [0, 0.05) is 32.9 Å². The molecule has 1 saturated heterocycles. The number of aryl methyl sites for hydroxylation is 1. The molecule has 2 N–H and O–H groups in total. The summed E-state index contributed by atoms with van der Waals surface area (Å²) in [5.74, 6) is 0. The van der Waals surface area contributed by atoms with Gasteiger partial charge in [-0.05, 0) is 17.7 Å². The zero-order valence-corrected chi connectivity index (χ0v) is 15.9. The number of amides is 2. The lowest BCUT2D eigenvalue weighted by Crippen LogP contribution is -2.41. The molecule has 1 aliphatic heterocycles. The maximum absolute atomic E-state index is 12.9. The summed E-state index contributed by atoms with van der Waals surface area (Å²) in [6.45, 7) is 1.86. The van der Waals surface area contributed by atoms with E-state index in [9.17, 15) is 13.2 Å². The van der Waals surface area contributed by atoms with Crippen molar-refractivity contribution in [2.24, 2.45) is 7.05 Å². The summed E-state index contributed by atoms with van der Waals surface area (Å²) >= 11 is 0. The van der Waals surface area contributed by atoms with E-state index >= 15 is 0 Å². The first kappa shape index (κ1) is 19.3. The van der Waals surface area contributed by atoms with Crippen molar-refractivity contribution in [1.29, 1.82) is 0 Å². The molecule has 0 spiro atoms. The highest BCUT2D eigenvalue weighted by molar-refractivity contribution is 7.89. The molecule has 1 fully saturated rings. The Morgan fingerprint density at radius 1 is 1.15 bits per heavy atom. The fourth-order valence-corrected chi connectivity index (χ4v) is 4.44. The van der Waals surface area contributed by atoms with Gasteiger partial charge in [-0.15, -0.1) is 0 Å². The Morgan fingerprint density at radius 2 is 1.85 bits per heavy atom. The summed E-state index contributed by atoms with van der Waals surface area (Å²) in [4.78, 5) is 12.3. The molecule has 0 saturated carbocycles. The number of rotatable bonds is 6. The van der Waals surface area contributed by atoms with Gasteiger partial charge < -0.3 is 15.4 Å². The molecule has 0 aliphatic carbocycles. The van der Waals surface area contributed by atoms with Crippen LogP contribution in [0.4, 0.5) is 4.79 Å². The van der Waals surface area contributed by atoms with Crippen LogP contribution in [0.2, 0.25) is 0 Å². The average molecular weight is 393 g/mol. The Hall–Kier alpha value is -2.43. The van der Waals surface area contributed by atoms with Crippen molar-refractivity contribution in [3.05, 3.63) is 47.8 Å². The third-order valence-corrected chi connectivity index (χ3v) is 6.35. The number of nitrogens with zero attached hydrogens (tertiary/aromatic N) is 3. The van der Waals surface area contributed by atoms with Crippen molar-refractivity contribution >= 4 is 16.1 Å². The van der Waals surface area contributed by atoms with Crippen molar-refractivity contribution in [3.63, 3.8) is 0 Å². The lowest BCUT2D eigenvalue weighted by atomic mass is 10.2. The fraction of sp³-hybridized carbons (Fsp3) is 0.412. The van der Waals surface area contributed by atoms with E-state index in [2.05, 4.69) is 15.7 Å². The zero-order chi connectivity index (χ0) is 19.3. The number of benzene rings is 1. The Balaban J connectivity index is 1.63. The summed E-state index contributed by atoms with van der Waals surface area (Å²) in [5.41, 5.74) is 1.40. The number of hydrogen-bond donors (Lipinski definition) is 2. The van der Waals surface area contributed by atoms with E-state index < -0.39 is 10.0 Å². The Bertz CT molecular complexity index is 890. The molecular weight excluding hydrogens is 370 g/mol. The number of carbonyl (C=O) groups is 1. The van der Waals surface area contributed by atoms with Crippen LogP contribution in [0, 0.1) is 0 Å². The second-order valence-electron chi connectivity index (χ2n) is 6.11. The van der Waals surface area contributed by atoms with Gasteiger partial charge in [0.15, 0.2) is 0 Å². The molecule has 0 atom stereocenters. The summed E-state index contributed by atoms with van der Waals surface area (Å²) in [6, 6.07) is 8.13. The van der Waals surface area contributed by atoms with Crippen LogP contribution in [-0.4, -0.2) is 54.8 Å². The van der Waals surface area contributed by atoms with Crippen LogP contribution in [0.3, 0.4) is 0 Å². The predicted molar refractivity (Wildman–Crippen MR) is 98.3 cm³/mol. The van der Waals surface area contributed by atoms with Crippen LogP contribution >= 0.6 is 0 Å². The largest absolute Gasteiger partial charge is 0.379 e. The first-order valence-corrected chi connectivity index (χ1v) is 10.1. The van der Waals surface area contributed by atoms with Crippen molar-refractivity contribution in [3.8, 4) is 0 Å². The molecule has 0 radical (unpaired) electrons. The molecule has 2 heterocycles. The monoisotopic (exact) mass is 393 g/mol. The van der Waals surface area contributed by atoms with E-state index in [1.54, 1.807) is 42.2 Å². The summed E-state index contributed by atoms with van der Waals surface area (Å²) in [7, 11) is -1.83. The first-order valence-electron chi connectivity index (χ1n) is 8.63. The molecule has 2 aromatic rings. The van der Waals surface area contributed by atoms with Gasteiger partial charge in [0.2, 0.25) is 10.0 Å². The van der Waals surface area contributed by atoms with Gasteiger partial charge in [0.05, 0.1) is 30.3 Å². The van der Waals surface area contributed by atoms with E-state index in [1.165, 1.54) is 4.31 Å². The molecule has 0 unspecified atom stereocenters. The molecule has 27 heavy (non-hydrogen) atoms. The summed E-state index contributed by atoms with van der Waals surface area (Å²) < 4.78 is 34.1. The van der Waals surface area contributed by atoms with Crippen LogP contribution in [-0.2, 0) is 34.9 Å². The second-order valence-corrected chi connectivity index (χ2v) is 8.01. The van der Waals surface area contributed by atoms with E-state index in [4.69, 9.17) is 4.74 Å². The van der Waals surface area contributed by atoms with Gasteiger partial charge in [0.1, 0.15) is 0 Å². The van der Waals surface area contributed by atoms with E-state index in [0.717, 1.165) is 5.69 Å². The van der Waals surface area contributed by atoms with E-state index in [-0.39, 0.29) is 17.5 Å². The highest BCUT2D eigenvalue weighted by atomic mass is 32.2. The molecule has 1 aromatic heterocycles. The van der Waals surface area contributed by atoms with Crippen LogP contribution in [0.15, 0.2) is 41.4 Å². The van der Waals surface area contributed by atoms with Crippen molar-refractivity contribution in [2.45, 2.75) is 18.0 Å². The molecular formula is C17H23N5O4S. The molecule has 0 bridgehead atoms. The first-order chi connectivity index (χ1) is 13.0. The smallest absolute Gasteiger partial charge is 0.315 e. The van der Waals surface area contributed by atoms with Gasteiger partial charge in [-0.3, -0.25) is 4.68 Å². The van der Waals surface area contributed by atoms with Gasteiger partial charge in [-0.25, -0.2) is 13.2 Å². The quantitative estimate of drug-likeness (QED) is 0.741. The standard InChI is InChI=1S/C17H23N5O4S/c1-21-15(6-7-20-21)13-19-17(23)18-12-14-4-2-3-5-16(14)27(24,25)22-8-10-26-11-9-22/h2-7H,8-13H2,1H3,(H2,18,19,23). The maximum Gasteiger partial charge on any atom is 0.315 e. The second kappa shape index (κ2) is 8.51. The van der Waals surface area contributed by atoms with Crippen molar-refractivity contribution in [1.82, 2.24) is 24.7 Å². The lowest BCUT2D eigenvalue weighted by Gasteiger charge is -2.27. The normalized spacial score (nSPS) is 15.4. The fourth-order valence-electron chi connectivity index (χ4n) is 2.81. The van der Waals surface area contributed by atoms with Crippen LogP contribution in [0.25, 0.3) is 0 Å². The average Bonchev–Trinajstić information content (AvgIpc) is 3.10. The van der Waals surface area contributed by atoms with Gasteiger partial charge in [-0.1, -0.05) is 18.2 Å². The lowest BCUT2D eigenvalue weighted by molar-refractivity contribution is 0.0730. The highest BCUT2D eigenvalue weighted by Crippen LogP contribution is 2.21. The van der Waals surface area contributed by atoms with Crippen molar-refractivity contribution < 1.29 is 17.9 Å². The summed E-state index contributed by atoms with van der Waals surface area (Å²) in [6.07, 6.45) is 1.65. The molecule has 1 aliphatic rings. The van der Waals surface area contributed by atoms with Crippen molar-refractivity contribution in [2.75, 3.05) is 26.3 Å². The topological polar surface area (TPSA) is 106 Å². The molecule has 146 valence electrons. The Kier molecular flexibility index (Phi) is 6.09. The number of sulfonamides is 1. The molecule has 9 nitrogen and oxygen atoms in total. The Morgan fingerprint density at radius 3 is 2.56 bits per heavy atom. The minimum absolute atomic E-state index is 0.108. The number of hydrogen-bond acceptors (Lipinski definition) is 5. The SMILES string of the molecule is Cn1nccc1CNC(=O)NCc1ccccc1S(=O)(=O)N1CCOCC1. The number of nitrogens with one attached hydrogen (secondary N) is 2. The van der Waals surface area contributed by atoms with Crippen LogP contribution in [0.5, 0.6) is 0 Å². The molecule has 3 rings (SSSR count). The minimum Gasteiger partial charge on any atom is -0.379 e.